The number of hydrazine groups is 1. The highest BCUT2D eigenvalue weighted by atomic mass is 16.6. The first-order valence-corrected chi connectivity index (χ1v) is 6.45. The number of carboxylic acids is 1. The van der Waals surface area contributed by atoms with Crippen LogP contribution in [-0.4, -0.2) is 22.2 Å². The molecule has 22 heavy (non-hydrogen) atoms. The number of carbonyl (C=O) groups is 2. The van der Waals surface area contributed by atoms with E-state index < -0.39 is 12.1 Å². The Labute approximate surface area is 126 Å². The molecule has 0 saturated heterocycles. The Morgan fingerprint density at radius 3 is 2.55 bits per heavy atom. The maximum Gasteiger partial charge on any atom is 0.430 e. The molecule has 0 aliphatic carbocycles. The van der Waals surface area contributed by atoms with Gasteiger partial charge < -0.3 is 9.84 Å². The first kappa shape index (κ1) is 15.5. The third kappa shape index (κ3) is 3.58. The first-order chi connectivity index (χ1) is 10.5. The predicted octanol–water partition coefficient (Wildman–Crippen LogP) is 2.11. The molecule has 0 bridgehead atoms. The molecule has 0 saturated carbocycles. The number of amides is 1. The topological polar surface area (TPSA) is 106 Å². The number of aromatic carboxylic acids is 1. The molecule has 3 N–H and O–H groups in total. The number of carbonyl (C=O) groups excluding carboxylic acids is 1. The Bertz CT molecular complexity index is 688. The fourth-order valence-corrected chi connectivity index (χ4v) is 1.75. The normalized spacial score (nSPS) is 10.1. The van der Waals surface area contributed by atoms with Crippen LogP contribution in [0.2, 0.25) is 0 Å². The van der Waals surface area contributed by atoms with Gasteiger partial charge in [-0.3, -0.25) is 0 Å². The minimum Gasteiger partial charge on any atom is -0.477 e. The minimum atomic E-state index is -1.19. The Balaban J connectivity index is 2.07. The van der Waals surface area contributed by atoms with Crippen LogP contribution in [0.15, 0.2) is 42.5 Å². The quantitative estimate of drug-likeness (QED) is 0.509. The van der Waals surface area contributed by atoms with Crippen LogP contribution >= 0.6 is 0 Å². The van der Waals surface area contributed by atoms with Gasteiger partial charge in [0.05, 0.1) is 0 Å². The molecule has 114 valence electrons. The highest BCUT2D eigenvalue weighted by Crippen LogP contribution is 2.14. The molecular formula is C15H15N3O4. The number of nitrogens with zero attached hydrogens (tertiary/aromatic N) is 2. The Morgan fingerprint density at radius 2 is 1.91 bits per heavy atom. The number of aromatic nitrogens is 1. The zero-order valence-electron chi connectivity index (χ0n) is 11.9. The van der Waals surface area contributed by atoms with Crippen molar-refractivity contribution >= 4 is 17.9 Å². The highest BCUT2D eigenvalue weighted by Gasteiger charge is 2.18. The summed E-state index contributed by atoms with van der Waals surface area (Å²) in [5.41, 5.74) is 1.12. The van der Waals surface area contributed by atoms with Gasteiger partial charge in [0.25, 0.3) is 0 Å². The number of benzene rings is 1. The summed E-state index contributed by atoms with van der Waals surface area (Å²) in [7, 11) is 0. The second-order valence-electron chi connectivity index (χ2n) is 4.55. The van der Waals surface area contributed by atoms with Gasteiger partial charge in [-0.25, -0.2) is 20.4 Å². The number of pyridine rings is 1. The number of hydrogen-bond donors (Lipinski definition) is 2. The summed E-state index contributed by atoms with van der Waals surface area (Å²) in [6, 6.07) is 12.1. The number of ether oxygens (including phenoxy) is 1. The van der Waals surface area contributed by atoms with Crippen molar-refractivity contribution in [1.82, 2.24) is 4.98 Å². The highest BCUT2D eigenvalue weighted by molar-refractivity contribution is 5.89. The van der Waals surface area contributed by atoms with Crippen LogP contribution < -0.4 is 10.9 Å². The molecule has 1 amide bonds. The fourth-order valence-electron chi connectivity index (χ4n) is 1.75. The number of carboxylic acid groups (broad SMARTS) is 1. The predicted molar refractivity (Wildman–Crippen MR) is 79.2 cm³/mol. The van der Waals surface area contributed by atoms with Crippen molar-refractivity contribution in [3.63, 3.8) is 0 Å². The molecule has 0 aliphatic heterocycles. The molecule has 1 heterocycles. The smallest absolute Gasteiger partial charge is 0.430 e. The van der Waals surface area contributed by atoms with Gasteiger partial charge in [-0.15, -0.1) is 0 Å². The standard InChI is InChI=1S/C15H15N3O4/c1-10-7-8-12(17-13(10)14(19)20)18(16)15(21)22-9-11-5-3-2-4-6-11/h2-8H,9,16H2,1H3,(H,19,20). The molecule has 0 fully saturated rings. The van der Waals surface area contributed by atoms with Crippen molar-refractivity contribution in [1.29, 1.82) is 0 Å². The van der Waals surface area contributed by atoms with Crippen LogP contribution in [-0.2, 0) is 11.3 Å². The molecule has 0 spiro atoms. The van der Waals surface area contributed by atoms with E-state index >= 15 is 0 Å². The number of nitrogens with two attached hydrogens (primary N) is 1. The van der Waals surface area contributed by atoms with Crippen LogP contribution in [0.5, 0.6) is 0 Å². The van der Waals surface area contributed by atoms with Gasteiger partial charge in [0.2, 0.25) is 0 Å². The molecule has 2 aromatic rings. The van der Waals surface area contributed by atoms with E-state index in [-0.39, 0.29) is 18.1 Å². The molecule has 0 unspecified atom stereocenters. The van der Waals surface area contributed by atoms with E-state index in [9.17, 15) is 9.59 Å². The van der Waals surface area contributed by atoms with E-state index in [1.54, 1.807) is 19.1 Å². The zero-order valence-corrected chi connectivity index (χ0v) is 11.9. The lowest BCUT2D eigenvalue weighted by Gasteiger charge is -2.16. The number of rotatable bonds is 4. The van der Waals surface area contributed by atoms with E-state index in [4.69, 9.17) is 15.7 Å². The second kappa shape index (κ2) is 6.68. The van der Waals surface area contributed by atoms with E-state index in [1.807, 2.05) is 18.2 Å². The van der Waals surface area contributed by atoms with Crippen LogP contribution in [0, 0.1) is 6.92 Å². The van der Waals surface area contributed by atoms with Crippen molar-refractivity contribution in [2.75, 3.05) is 5.01 Å². The summed E-state index contributed by atoms with van der Waals surface area (Å²) >= 11 is 0. The van der Waals surface area contributed by atoms with Gasteiger partial charge >= 0.3 is 12.1 Å². The molecule has 0 atom stereocenters. The molecule has 1 aromatic carbocycles. The Morgan fingerprint density at radius 1 is 1.23 bits per heavy atom. The van der Waals surface area contributed by atoms with Gasteiger partial charge in [0.15, 0.2) is 11.5 Å². The summed E-state index contributed by atoms with van der Waals surface area (Å²) in [5, 5.41) is 9.70. The Kier molecular flexibility index (Phi) is 4.70. The lowest BCUT2D eigenvalue weighted by Crippen LogP contribution is -2.38. The van der Waals surface area contributed by atoms with Crippen LogP contribution in [0.4, 0.5) is 10.6 Å². The fraction of sp³-hybridized carbons (Fsp3) is 0.133. The Hall–Kier alpha value is -2.93. The average Bonchev–Trinajstić information content (AvgIpc) is 2.53. The van der Waals surface area contributed by atoms with Crippen molar-refractivity contribution in [3.8, 4) is 0 Å². The third-order valence-electron chi connectivity index (χ3n) is 2.93. The van der Waals surface area contributed by atoms with Gasteiger partial charge in [-0.2, -0.15) is 5.01 Å². The molecule has 7 nitrogen and oxygen atoms in total. The summed E-state index contributed by atoms with van der Waals surface area (Å²) in [4.78, 5) is 26.8. The zero-order chi connectivity index (χ0) is 16.1. The molecule has 1 aromatic heterocycles. The van der Waals surface area contributed by atoms with Crippen molar-refractivity contribution in [2.45, 2.75) is 13.5 Å². The molecule has 0 aliphatic rings. The van der Waals surface area contributed by atoms with Crippen LogP contribution in [0.3, 0.4) is 0 Å². The maximum absolute atomic E-state index is 11.9. The summed E-state index contributed by atoms with van der Waals surface area (Å²) in [6.45, 7) is 1.67. The first-order valence-electron chi connectivity index (χ1n) is 6.45. The second-order valence-corrected chi connectivity index (χ2v) is 4.55. The van der Waals surface area contributed by atoms with Gasteiger partial charge in [-0.05, 0) is 24.1 Å². The lowest BCUT2D eigenvalue weighted by atomic mass is 10.2. The van der Waals surface area contributed by atoms with E-state index in [0.717, 1.165) is 5.56 Å². The largest absolute Gasteiger partial charge is 0.477 e. The number of hydrogen-bond acceptors (Lipinski definition) is 5. The molecule has 7 heteroatoms. The van der Waals surface area contributed by atoms with Gasteiger partial charge in [0, 0.05) is 0 Å². The van der Waals surface area contributed by atoms with Gasteiger partial charge in [-0.1, -0.05) is 36.4 Å². The van der Waals surface area contributed by atoms with E-state index in [1.165, 1.54) is 12.1 Å². The van der Waals surface area contributed by atoms with E-state index in [0.29, 0.717) is 10.6 Å². The van der Waals surface area contributed by atoms with Crippen molar-refractivity contribution < 1.29 is 19.4 Å². The summed E-state index contributed by atoms with van der Waals surface area (Å²) in [6.07, 6.45) is -0.823. The van der Waals surface area contributed by atoms with Crippen molar-refractivity contribution in [3.05, 3.63) is 59.3 Å². The molecule has 2 rings (SSSR count). The monoisotopic (exact) mass is 301 g/mol. The van der Waals surface area contributed by atoms with E-state index in [2.05, 4.69) is 4.98 Å². The third-order valence-corrected chi connectivity index (χ3v) is 2.93. The van der Waals surface area contributed by atoms with Crippen LogP contribution in [0.1, 0.15) is 21.6 Å². The molecular weight excluding hydrogens is 286 g/mol. The van der Waals surface area contributed by atoms with Crippen LogP contribution in [0.25, 0.3) is 0 Å². The summed E-state index contributed by atoms with van der Waals surface area (Å²) < 4.78 is 5.05. The lowest BCUT2D eigenvalue weighted by molar-refractivity contribution is 0.0689. The maximum atomic E-state index is 11.9. The number of aryl methyl sites for hydroxylation is 1. The summed E-state index contributed by atoms with van der Waals surface area (Å²) in [5.74, 6) is 4.44. The average molecular weight is 301 g/mol. The van der Waals surface area contributed by atoms with Gasteiger partial charge in [0.1, 0.15) is 6.61 Å². The molecule has 0 radical (unpaired) electrons. The SMILES string of the molecule is Cc1ccc(N(N)C(=O)OCc2ccccc2)nc1C(=O)O. The van der Waals surface area contributed by atoms with Crippen molar-refractivity contribution in [2.24, 2.45) is 5.84 Å². The number of anilines is 1. The minimum absolute atomic E-state index is 0.000983.